The molecule has 0 unspecified atom stereocenters. The fourth-order valence-corrected chi connectivity index (χ4v) is 2.09. The lowest BCUT2D eigenvalue weighted by atomic mass is 10.2. The van der Waals surface area contributed by atoms with Crippen LogP contribution in [0.1, 0.15) is 5.56 Å². The molecule has 1 aliphatic heterocycles. The second-order valence-corrected chi connectivity index (χ2v) is 3.73. The number of nitrogens with one attached hydrogen (secondary N) is 1. The average molecular weight is 176 g/mol. The molecule has 2 nitrogen and oxygen atoms in total. The zero-order chi connectivity index (χ0) is 8.39. The Hall–Kier alpha value is -1.14. The molecule has 0 atom stereocenters. The number of nitrogens with zero attached hydrogens (tertiary/aromatic N) is 1. The summed E-state index contributed by atoms with van der Waals surface area (Å²) in [5.41, 5.74) is 1.83. The standard InChI is InChI=1S/C9H8N2S/c10-6-7-1-2-9-8(5-7)11-3-4-12-9/h1-2,5,11H,3-4H2. The van der Waals surface area contributed by atoms with Gasteiger partial charge < -0.3 is 5.32 Å². The van der Waals surface area contributed by atoms with Gasteiger partial charge in [0.05, 0.1) is 11.6 Å². The molecule has 0 fully saturated rings. The van der Waals surface area contributed by atoms with Gasteiger partial charge in [-0.3, -0.25) is 0 Å². The molecule has 1 heterocycles. The van der Waals surface area contributed by atoms with Crippen molar-refractivity contribution in [2.45, 2.75) is 4.90 Å². The monoisotopic (exact) mass is 176 g/mol. The van der Waals surface area contributed by atoms with Gasteiger partial charge in [-0.05, 0) is 18.2 Å². The van der Waals surface area contributed by atoms with Crippen LogP contribution in [0.25, 0.3) is 0 Å². The van der Waals surface area contributed by atoms with E-state index in [1.807, 2.05) is 30.0 Å². The summed E-state index contributed by atoms with van der Waals surface area (Å²) in [6, 6.07) is 7.90. The predicted molar refractivity (Wildman–Crippen MR) is 50.4 cm³/mol. The zero-order valence-electron chi connectivity index (χ0n) is 6.50. The topological polar surface area (TPSA) is 35.8 Å². The Morgan fingerprint density at radius 1 is 1.50 bits per heavy atom. The van der Waals surface area contributed by atoms with Gasteiger partial charge in [-0.25, -0.2) is 0 Å². The van der Waals surface area contributed by atoms with Crippen molar-refractivity contribution >= 4 is 17.4 Å². The normalized spacial score (nSPS) is 14.2. The van der Waals surface area contributed by atoms with Crippen LogP contribution in [0.5, 0.6) is 0 Å². The van der Waals surface area contributed by atoms with Gasteiger partial charge in [-0.1, -0.05) is 0 Å². The summed E-state index contributed by atoms with van der Waals surface area (Å²) < 4.78 is 0. The van der Waals surface area contributed by atoms with E-state index >= 15 is 0 Å². The van der Waals surface area contributed by atoms with Crippen LogP contribution in [0.15, 0.2) is 23.1 Å². The third kappa shape index (κ3) is 1.26. The van der Waals surface area contributed by atoms with Crippen molar-refractivity contribution in [3.05, 3.63) is 23.8 Å². The number of hydrogen-bond donors (Lipinski definition) is 1. The van der Waals surface area contributed by atoms with Gasteiger partial charge >= 0.3 is 0 Å². The molecule has 60 valence electrons. The molecule has 0 saturated heterocycles. The summed E-state index contributed by atoms with van der Waals surface area (Å²) in [6.45, 7) is 0.993. The van der Waals surface area contributed by atoms with E-state index in [1.165, 1.54) is 4.90 Å². The number of fused-ring (bicyclic) bond motifs is 1. The number of benzene rings is 1. The summed E-state index contributed by atoms with van der Waals surface area (Å²) in [7, 11) is 0. The molecule has 2 rings (SSSR count). The minimum Gasteiger partial charge on any atom is -0.383 e. The minimum absolute atomic E-state index is 0.726. The van der Waals surface area contributed by atoms with Crippen LogP contribution < -0.4 is 5.32 Å². The third-order valence-electron chi connectivity index (χ3n) is 1.78. The van der Waals surface area contributed by atoms with Gasteiger partial charge in [0.15, 0.2) is 0 Å². The van der Waals surface area contributed by atoms with E-state index in [-0.39, 0.29) is 0 Å². The molecular formula is C9H8N2S. The van der Waals surface area contributed by atoms with E-state index in [9.17, 15) is 0 Å². The number of hydrogen-bond acceptors (Lipinski definition) is 3. The van der Waals surface area contributed by atoms with E-state index in [0.717, 1.165) is 23.5 Å². The Morgan fingerprint density at radius 3 is 3.25 bits per heavy atom. The maximum absolute atomic E-state index is 8.65. The summed E-state index contributed by atoms with van der Waals surface area (Å²) in [5, 5.41) is 11.9. The molecule has 0 amide bonds. The van der Waals surface area contributed by atoms with E-state index in [2.05, 4.69) is 11.4 Å². The van der Waals surface area contributed by atoms with Gasteiger partial charge in [-0.2, -0.15) is 5.26 Å². The minimum atomic E-state index is 0.726. The molecule has 1 aliphatic rings. The molecule has 1 aromatic carbocycles. The lowest BCUT2D eigenvalue weighted by molar-refractivity contribution is 1.17. The van der Waals surface area contributed by atoms with Crippen LogP contribution >= 0.6 is 11.8 Å². The van der Waals surface area contributed by atoms with Gasteiger partial charge in [0.2, 0.25) is 0 Å². The zero-order valence-corrected chi connectivity index (χ0v) is 7.32. The predicted octanol–water partition coefficient (Wildman–Crippen LogP) is 2.08. The van der Waals surface area contributed by atoms with Gasteiger partial charge in [0.25, 0.3) is 0 Å². The van der Waals surface area contributed by atoms with E-state index in [4.69, 9.17) is 5.26 Å². The summed E-state index contributed by atoms with van der Waals surface area (Å²) in [5.74, 6) is 1.11. The van der Waals surface area contributed by atoms with Crippen LogP contribution in [0.4, 0.5) is 5.69 Å². The highest BCUT2D eigenvalue weighted by Gasteiger charge is 2.08. The number of nitriles is 1. The molecule has 0 aromatic heterocycles. The van der Waals surface area contributed by atoms with Gasteiger partial charge in [0, 0.05) is 22.9 Å². The Labute approximate surface area is 75.6 Å². The Bertz CT molecular complexity index is 341. The largest absolute Gasteiger partial charge is 0.383 e. The van der Waals surface area contributed by atoms with E-state index in [1.54, 1.807) is 0 Å². The number of thioether (sulfide) groups is 1. The maximum Gasteiger partial charge on any atom is 0.0992 e. The van der Waals surface area contributed by atoms with Crippen LogP contribution in [-0.4, -0.2) is 12.3 Å². The number of anilines is 1. The smallest absolute Gasteiger partial charge is 0.0992 e. The Morgan fingerprint density at radius 2 is 2.42 bits per heavy atom. The first-order valence-corrected chi connectivity index (χ1v) is 4.79. The summed E-state index contributed by atoms with van der Waals surface area (Å²) in [4.78, 5) is 1.25. The maximum atomic E-state index is 8.65. The van der Waals surface area contributed by atoms with Crippen molar-refractivity contribution in [3.63, 3.8) is 0 Å². The number of rotatable bonds is 0. The van der Waals surface area contributed by atoms with Gasteiger partial charge in [0.1, 0.15) is 0 Å². The van der Waals surface area contributed by atoms with Crippen molar-refractivity contribution < 1.29 is 0 Å². The van der Waals surface area contributed by atoms with Crippen molar-refractivity contribution in [1.82, 2.24) is 0 Å². The van der Waals surface area contributed by atoms with Crippen molar-refractivity contribution in [3.8, 4) is 6.07 Å². The molecular weight excluding hydrogens is 168 g/mol. The lowest BCUT2D eigenvalue weighted by Crippen LogP contribution is -2.09. The molecule has 0 spiro atoms. The van der Waals surface area contributed by atoms with Crippen LogP contribution in [0, 0.1) is 11.3 Å². The fraction of sp³-hybridized carbons (Fsp3) is 0.222. The van der Waals surface area contributed by atoms with Crippen LogP contribution in [0.3, 0.4) is 0 Å². The SMILES string of the molecule is N#Cc1ccc2c(c1)NCCS2. The van der Waals surface area contributed by atoms with Crippen molar-refractivity contribution in [2.24, 2.45) is 0 Å². The molecule has 1 N–H and O–H groups in total. The first-order valence-electron chi connectivity index (χ1n) is 3.81. The molecule has 0 saturated carbocycles. The highest BCUT2D eigenvalue weighted by molar-refractivity contribution is 7.99. The Kier molecular flexibility index (Phi) is 1.92. The fourth-order valence-electron chi connectivity index (χ4n) is 1.21. The quantitative estimate of drug-likeness (QED) is 0.657. The Balaban J connectivity index is 2.44. The lowest BCUT2D eigenvalue weighted by Gasteiger charge is -2.16. The van der Waals surface area contributed by atoms with E-state index < -0.39 is 0 Å². The second-order valence-electron chi connectivity index (χ2n) is 2.60. The first-order chi connectivity index (χ1) is 5.90. The molecule has 12 heavy (non-hydrogen) atoms. The highest BCUT2D eigenvalue weighted by atomic mass is 32.2. The van der Waals surface area contributed by atoms with Gasteiger partial charge in [-0.15, -0.1) is 11.8 Å². The highest BCUT2D eigenvalue weighted by Crippen LogP contribution is 2.31. The molecule has 1 aromatic rings. The summed E-state index contributed by atoms with van der Waals surface area (Å²) in [6.07, 6.45) is 0. The molecule has 0 radical (unpaired) electrons. The molecule has 3 heteroatoms. The molecule has 0 aliphatic carbocycles. The molecule has 0 bridgehead atoms. The van der Waals surface area contributed by atoms with Crippen molar-refractivity contribution in [1.29, 1.82) is 5.26 Å². The summed E-state index contributed by atoms with van der Waals surface area (Å²) >= 11 is 1.84. The first kappa shape index (κ1) is 7.51. The van der Waals surface area contributed by atoms with Crippen LogP contribution in [0.2, 0.25) is 0 Å². The van der Waals surface area contributed by atoms with Crippen molar-refractivity contribution in [2.75, 3.05) is 17.6 Å². The average Bonchev–Trinajstić information content (AvgIpc) is 2.17. The second kappa shape index (κ2) is 3.08. The van der Waals surface area contributed by atoms with Crippen LogP contribution in [-0.2, 0) is 0 Å². The van der Waals surface area contributed by atoms with E-state index in [0.29, 0.717) is 0 Å². The third-order valence-corrected chi connectivity index (χ3v) is 2.86.